The van der Waals surface area contributed by atoms with E-state index in [2.05, 4.69) is 0 Å². The maximum absolute atomic E-state index is 18.3. The van der Waals surface area contributed by atoms with E-state index in [1.54, 1.807) is 27.7 Å². The minimum atomic E-state index is -2.54. The molecule has 10 rings (SSSR count). The summed E-state index contributed by atoms with van der Waals surface area (Å²) in [7, 11) is 0.734. The van der Waals surface area contributed by atoms with Gasteiger partial charge in [0.05, 0.1) is 24.7 Å². The number of hydrogen-bond donors (Lipinski definition) is 2. The number of aliphatic hydroxyl groups is 2. The number of alkyl halides is 4. The Hall–Kier alpha value is -4.52. The fourth-order valence-electron chi connectivity index (χ4n) is 15.8. The van der Waals surface area contributed by atoms with Crippen LogP contribution in [0.3, 0.4) is 0 Å². The average molecular weight is 1010 g/mol. The maximum Gasteiger partial charge on any atom is 0.375 e. The number of allylic oxidation sites excluding steroid dienone is 8. The first kappa shape index (κ1) is 49.1. The van der Waals surface area contributed by atoms with E-state index in [1.807, 2.05) is 0 Å². The Morgan fingerprint density at radius 3 is 1.34 bits per heavy atom. The molecule has 0 saturated heterocycles. The number of ether oxygens (including phenoxy) is 2. The van der Waals surface area contributed by atoms with Crippen molar-refractivity contribution in [3.63, 3.8) is 0 Å². The first-order chi connectivity index (χ1) is 32.8. The van der Waals surface area contributed by atoms with Gasteiger partial charge in [-0.1, -0.05) is 39.8 Å². The van der Waals surface area contributed by atoms with Crippen LogP contribution in [0.4, 0.5) is 17.6 Å². The Balaban J connectivity index is 1.03. The van der Waals surface area contributed by atoms with E-state index < -0.39 is 164 Å². The highest BCUT2D eigenvalue weighted by Crippen LogP contribution is 2.75. The molecule has 0 aromatic carbocycles. The standard InChI is InChI=1S/C52H54F4O12S2/c1-25-17-29-31-21-35(53)33-19-27(57)11-13-45(33,3)49(31,55)39(59)23-47(29,5)51(25,67-41(61)37-9-7-15-65-37)43(63)69-70-44(64)52(68-42(62)38-10-8-16-66-38)26(2)18-30-32-22-36(54)34-20-28(58)12-14-46(34,4)50(32,56)40(60)24-48(30,52)6/h7-16,19-20,25-26,29-32,35-36,39-40,59-60H,17-18,21-24H2,1-6H3/t25-,26-,29+,30+,31+,32+,35+,36+,39+,40+,45+,46+,47+,48+,49+,50+,51+,52+/m1/s1. The highest BCUT2D eigenvalue weighted by Gasteiger charge is 2.81. The van der Waals surface area contributed by atoms with Crippen LogP contribution in [-0.4, -0.2) is 91.0 Å². The number of fused-ring (bicyclic) bond motifs is 10. The third-order valence-electron chi connectivity index (χ3n) is 19.1. The molecule has 0 bridgehead atoms. The zero-order chi connectivity index (χ0) is 50.5. The summed E-state index contributed by atoms with van der Waals surface area (Å²) in [6.07, 6.45) is 0.190. The molecule has 6 saturated carbocycles. The van der Waals surface area contributed by atoms with Gasteiger partial charge in [0.25, 0.3) is 0 Å². The summed E-state index contributed by atoms with van der Waals surface area (Å²) in [5, 5.41) is 22.5. The lowest BCUT2D eigenvalue weighted by atomic mass is 9.44. The van der Waals surface area contributed by atoms with Gasteiger partial charge in [-0.3, -0.25) is 19.2 Å². The average Bonchev–Trinajstić information content (AvgIpc) is 4.12. The van der Waals surface area contributed by atoms with E-state index in [4.69, 9.17) is 18.3 Å². The number of rotatable bonds is 6. The quantitative estimate of drug-likeness (QED) is 0.159. The smallest absolute Gasteiger partial charge is 0.375 e. The van der Waals surface area contributed by atoms with Crippen LogP contribution in [-0.2, 0) is 28.7 Å². The molecule has 0 spiro atoms. The molecular weight excluding hydrogens is 957 g/mol. The van der Waals surface area contributed by atoms with E-state index in [9.17, 15) is 29.4 Å². The molecule has 0 aliphatic heterocycles. The SMILES string of the molecule is C[C@@H]1C[C@H]2[C@@H]3C[C@H](F)C4=CC(=O)C=C[C@]4(C)[C@@]3(F)[C@@H](O)C[C@]2(C)[C@@]1(OC(=O)c1ccco1)C(=O)SSC(=O)[C@@]1(OC(=O)c2ccco2)[C@H](C)C[C@H]2[C@@H]3C[C@H](F)C4=CC(=O)C=C[C@]4(C)[C@@]3(F)[C@@H](O)C[C@@]21C. The third-order valence-corrected chi connectivity index (χ3v) is 21.2. The second-order valence-electron chi connectivity index (χ2n) is 21.9. The van der Waals surface area contributed by atoms with Crippen LogP contribution >= 0.6 is 21.6 Å². The summed E-state index contributed by atoms with van der Waals surface area (Å²) < 4.78 is 92.8. The van der Waals surface area contributed by atoms with Crippen molar-refractivity contribution < 1.29 is 74.8 Å². The number of hydrogen-bond acceptors (Lipinski definition) is 14. The Bertz CT molecular complexity index is 2540. The van der Waals surface area contributed by atoms with Crippen molar-refractivity contribution in [3.8, 4) is 0 Å². The minimum absolute atomic E-state index is 0.000867. The molecule has 6 fully saturated rings. The van der Waals surface area contributed by atoms with E-state index in [0.29, 0.717) is 21.6 Å². The van der Waals surface area contributed by atoms with Gasteiger partial charge in [0.15, 0.2) is 34.1 Å². The van der Waals surface area contributed by atoms with E-state index in [0.717, 1.165) is 24.3 Å². The molecular formula is C52H54F4O12S2. The van der Waals surface area contributed by atoms with Gasteiger partial charge in [-0.25, -0.2) is 27.2 Å². The molecule has 8 aliphatic rings. The maximum atomic E-state index is 18.3. The fourth-order valence-corrected chi connectivity index (χ4v) is 18.4. The molecule has 2 heterocycles. The highest BCUT2D eigenvalue weighted by atomic mass is 33.1. The van der Waals surface area contributed by atoms with Crippen molar-refractivity contribution in [1.82, 2.24) is 0 Å². The topological polar surface area (TPSA) is 188 Å². The van der Waals surface area contributed by atoms with Crippen LogP contribution in [0.5, 0.6) is 0 Å². The van der Waals surface area contributed by atoms with Crippen molar-refractivity contribution >= 4 is 55.3 Å². The molecule has 0 unspecified atom stereocenters. The van der Waals surface area contributed by atoms with Crippen LogP contribution in [0.2, 0.25) is 0 Å². The van der Waals surface area contributed by atoms with Crippen LogP contribution in [0, 0.1) is 57.2 Å². The zero-order valence-corrected chi connectivity index (χ0v) is 40.9. The number of halogens is 4. The molecule has 0 amide bonds. The van der Waals surface area contributed by atoms with Gasteiger partial charge in [0.2, 0.25) is 21.8 Å². The van der Waals surface area contributed by atoms with Gasteiger partial charge in [-0.15, -0.1) is 0 Å². The Kier molecular flexibility index (Phi) is 11.2. The first-order valence-electron chi connectivity index (χ1n) is 23.7. The van der Waals surface area contributed by atoms with Crippen molar-refractivity contribution in [2.24, 2.45) is 57.2 Å². The molecule has 2 aromatic rings. The summed E-state index contributed by atoms with van der Waals surface area (Å²) >= 11 is 0. The number of ketones is 2. The zero-order valence-electron chi connectivity index (χ0n) is 39.2. The van der Waals surface area contributed by atoms with Crippen LogP contribution in [0.15, 0.2) is 93.2 Å². The van der Waals surface area contributed by atoms with Crippen molar-refractivity contribution in [1.29, 1.82) is 0 Å². The lowest BCUT2D eigenvalue weighted by molar-refractivity contribution is -0.221. The van der Waals surface area contributed by atoms with Crippen molar-refractivity contribution in [3.05, 3.63) is 95.9 Å². The summed E-state index contributed by atoms with van der Waals surface area (Å²) in [6.45, 7) is 9.27. The first-order valence-corrected chi connectivity index (χ1v) is 25.9. The molecule has 0 radical (unpaired) electrons. The second kappa shape index (κ2) is 16.0. The number of esters is 2. The van der Waals surface area contributed by atoms with E-state index in [-0.39, 0.29) is 35.5 Å². The lowest BCUT2D eigenvalue weighted by Gasteiger charge is -2.63. The highest BCUT2D eigenvalue weighted by molar-refractivity contribution is 8.87. The van der Waals surface area contributed by atoms with Gasteiger partial charge in [0.1, 0.15) is 12.3 Å². The summed E-state index contributed by atoms with van der Waals surface area (Å²) in [5.74, 6) is -10.0. The second-order valence-corrected chi connectivity index (χ2v) is 24.0. The normalized spacial score (nSPS) is 46.6. The fraction of sp³-hybridized carbons (Fsp3) is 0.577. The predicted molar refractivity (Wildman–Crippen MR) is 245 cm³/mol. The predicted octanol–water partition coefficient (Wildman–Crippen LogP) is 8.93. The Morgan fingerprint density at radius 2 is 1.00 bits per heavy atom. The van der Waals surface area contributed by atoms with Crippen LogP contribution in [0.25, 0.3) is 0 Å². The Morgan fingerprint density at radius 1 is 0.629 bits per heavy atom. The third kappa shape index (κ3) is 6.04. The molecule has 374 valence electrons. The Labute approximate surface area is 408 Å². The van der Waals surface area contributed by atoms with Crippen LogP contribution < -0.4 is 0 Å². The molecule has 12 nitrogen and oxygen atoms in total. The molecule has 8 aliphatic carbocycles. The lowest BCUT2D eigenvalue weighted by Crippen LogP contribution is -2.71. The number of aliphatic hydroxyl groups excluding tert-OH is 2. The van der Waals surface area contributed by atoms with Gasteiger partial charge >= 0.3 is 11.9 Å². The van der Waals surface area contributed by atoms with E-state index >= 15 is 27.2 Å². The summed E-state index contributed by atoms with van der Waals surface area (Å²) in [6, 6.07) is 5.48. The molecule has 70 heavy (non-hydrogen) atoms. The number of carbonyl (C=O) groups is 6. The molecule has 2 aromatic heterocycles. The van der Waals surface area contributed by atoms with Crippen molar-refractivity contribution in [2.45, 2.75) is 127 Å². The van der Waals surface area contributed by atoms with Gasteiger partial charge in [-0.2, -0.15) is 0 Å². The minimum Gasteiger partial charge on any atom is -0.457 e. The van der Waals surface area contributed by atoms with Crippen molar-refractivity contribution in [2.75, 3.05) is 0 Å². The number of carbonyl (C=O) groups excluding carboxylic acids is 6. The van der Waals surface area contributed by atoms with Crippen LogP contribution in [0.1, 0.15) is 101 Å². The number of furan rings is 2. The monoisotopic (exact) mass is 1010 g/mol. The molecule has 18 atom stereocenters. The largest absolute Gasteiger partial charge is 0.457 e. The van der Waals surface area contributed by atoms with Gasteiger partial charge in [-0.05, 0) is 146 Å². The van der Waals surface area contributed by atoms with Gasteiger partial charge in [0, 0.05) is 45.3 Å². The summed E-state index contributed by atoms with van der Waals surface area (Å²) in [4.78, 5) is 84.2. The van der Waals surface area contributed by atoms with Gasteiger partial charge < -0.3 is 28.5 Å². The molecule has 2 N–H and O–H groups in total. The molecule has 18 heteroatoms. The summed E-state index contributed by atoms with van der Waals surface area (Å²) in [5.41, 5.74) is -16.5. The van der Waals surface area contributed by atoms with E-state index in [1.165, 1.54) is 62.8 Å².